The highest BCUT2D eigenvalue weighted by atomic mass is 16.5. The van der Waals surface area contributed by atoms with E-state index >= 15 is 0 Å². The third kappa shape index (κ3) is 45.2. The average molecular weight is 828 g/mol. The van der Waals surface area contributed by atoms with Gasteiger partial charge in [0.25, 0.3) is 0 Å². The van der Waals surface area contributed by atoms with Crippen LogP contribution in [0.5, 0.6) is 0 Å². The molecule has 0 rings (SSSR count). The van der Waals surface area contributed by atoms with Crippen LogP contribution in [-0.2, 0) is 14.3 Å². The summed E-state index contributed by atoms with van der Waals surface area (Å²) in [6.07, 6.45) is 59.6. The summed E-state index contributed by atoms with van der Waals surface area (Å²) in [4.78, 5) is 24.4. The summed E-state index contributed by atoms with van der Waals surface area (Å²) in [5, 5.41) is 23.0. The van der Waals surface area contributed by atoms with E-state index in [1.807, 2.05) is 6.08 Å². The van der Waals surface area contributed by atoms with Crippen molar-refractivity contribution in [2.45, 2.75) is 264 Å². The molecule has 1 amide bonds. The second kappa shape index (κ2) is 48.5. The van der Waals surface area contributed by atoms with Gasteiger partial charge in [-0.2, -0.15) is 0 Å². The molecule has 0 saturated heterocycles. The number of nitrogens with one attached hydrogen (secondary N) is 1. The first kappa shape index (κ1) is 56.8. The minimum Gasteiger partial charge on any atom is -0.466 e. The van der Waals surface area contributed by atoms with Crippen molar-refractivity contribution in [1.82, 2.24) is 5.32 Å². The van der Waals surface area contributed by atoms with Gasteiger partial charge in [0.1, 0.15) is 0 Å². The quantitative estimate of drug-likeness (QED) is 0.0323. The Morgan fingerprint density at radius 2 is 0.847 bits per heavy atom. The van der Waals surface area contributed by atoms with Crippen LogP contribution < -0.4 is 5.32 Å². The van der Waals surface area contributed by atoms with Crippen LogP contribution in [-0.4, -0.2) is 47.4 Å². The largest absolute Gasteiger partial charge is 0.466 e. The van der Waals surface area contributed by atoms with Crippen molar-refractivity contribution >= 4 is 11.9 Å². The predicted octanol–water partition coefficient (Wildman–Crippen LogP) is 15.1. The minimum atomic E-state index is -0.861. The maximum atomic E-state index is 12.4. The van der Waals surface area contributed by atoms with Gasteiger partial charge in [0, 0.05) is 12.8 Å². The van der Waals surface area contributed by atoms with Crippen LogP contribution >= 0.6 is 0 Å². The molecular formula is C53H97NO5. The Bertz CT molecular complexity index is 1000. The van der Waals surface area contributed by atoms with E-state index in [2.05, 4.69) is 55.6 Å². The highest BCUT2D eigenvalue weighted by Crippen LogP contribution is 2.14. The number of aliphatic hydroxyl groups excluding tert-OH is 2. The fourth-order valence-electron chi connectivity index (χ4n) is 7.36. The van der Waals surface area contributed by atoms with Crippen LogP contribution in [0, 0.1) is 0 Å². The van der Waals surface area contributed by atoms with Crippen molar-refractivity contribution in [3.05, 3.63) is 48.6 Å². The number of rotatable bonds is 46. The van der Waals surface area contributed by atoms with Gasteiger partial charge in [0.2, 0.25) is 5.91 Å². The number of unbranched alkanes of at least 4 members (excludes halogenated alkanes) is 29. The standard InChI is InChI=1S/C53H97NO5/c1-3-5-7-9-11-13-15-17-18-19-20-23-27-31-35-39-43-47-53(58)59-48-44-40-36-32-28-24-21-22-26-30-34-38-42-46-52(57)54-50(49-55)51(56)45-41-37-33-29-25-16-14-12-10-8-6-4-2/h11,13,17-18,22,26,41,45,50-51,55-56H,3-10,12,14-16,19-21,23-25,27-40,42-44,46-49H2,1-2H3,(H,54,57)/b13-11-,18-17-,26-22-,45-41+. The molecule has 0 spiro atoms. The first-order chi connectivity index (χ1) is 29.0. The smallest absolute Gasteiger partial charge is 0.305 e. The van der Waals surface area contributed by atoms with E-state index in [0.29, 0.717) is 19.4 Å². The number of esters is 1. The fraction of sp³-hybridized carbons (Fsp3) is 0.811. The molecule has 6 nitrogen and oxygen atoms in total. The summed E-state index contributed by atoms with van der Waals surface area (Å²) in [6.45, 7) is 4.81. The van der Waals surface area contributed by atoms with Crippen LogP contribution in [0.2, 0.25) is 0 Å². The van der Waals surface area contributed by atoms with E-state index in [1.165, 1.54) is 148 Å². The van der Waals surface area contributed by atoms with Crippen LogP contribution in [0.15, 0.2) is 48.6 Å². The lowest BCUT2D eigenvalue weighted by Gasteiger charge is -2.19. The second-order valence-electron chi connectivity index (χ2n) is 17.1. The summed E-state index contributed by atoms with van der Waals surface area (Å²) in [6, 6.07) is -0.648. The van der Waals surface area contributed by atoms with Gasteiger partial charge in [0.15, 0.2) is 0 Å². The fourth-order valence-corrected chi connectivity index (χ4v) is 7.36. The Hall–Kier alpha value is -2.18. The lowest BCUT2D eigenvalue weighted by molar-refractivity contribution is -0.143. The number of amides is 1. The van der Waals surface area contributed by atoms with Gasteiger partial charge in [-0.3, -0.25) is 9.59 Å². The molecule has 6 heteroatoms. The lowest BCUT2D eigenvalue weighted by Crippen LogP contribution is -2.45. The Kier molecular flexibility index (Phi) is 46.7. The van der Waals surface area contributed by atoms with Crippen LogP contribution in [0.4, 0.5) is 0 Å². The number of hydrogen-bond acceptors (Lipinski definition) is 5. The molecule has 0 aromatic rings. The zero-order valence-electron chi connectivity index (χ0n) is 39.0. The Balaban J connectivity index is 3.53. The van der Waals surface area contributed by atoms with Crippen LogP contribution in [0.1, 0.15) is 251 Å². The number of aliphatic hydroxyl groups is 2. The van der Waals surface area contributed by atoms with E-state index in [1.54, 1.807) is 6.08 Å². The molecule has 2 atom stereocenters. The zero-order valence-corrected chi connectivity index (χ0v) is 39.0. The second-order valence-corrected chi connectivity index (χ2v) is 17.1. The summed E-state index contributed by atoms with van der Waals surface area (Å²) in [5.74, 6) is -0.124. The molecule has 0 aliphatic heterocycles. The van der Waals surface area contributed by atoms with Crippen LogP contribution in [0.25, 0.3) is 0 Å². The average Bonchev–Trinajstić information content (AvgIpc) is 3.24. The molecule has 0 bridgehead atoms. The molecule has 2 unspecified atom stereocenters. The van der Waals surface area contributed by atoms with Gasteiger partial charge >= 0.3 is 5.97 Å². The van der Waals surface area contributed by atoms with E-state index in [-0.39, 0.29) is 18.5 Å². The van der Waals surface area contributed by atoms with Crippen molar-refractivity contribution in [3.8, 4) is 0 Å². The van der Waals surface area contributed by atoms with Crippen molar-refractivity contribution in [2.75, 3.05) is 13.2 Å². The molecule has 59 heavy (non-hydrogen) atoms. The maximum Gasteiger partial charge on any atom is 0.305 e. The van der Waals surface area contributed by atoms with Gasteiger partial charge in [-0.15, -0.1) is 0 Å². The molecule has 0 heterocycles. The summed E-state index contributed by atoms with van der Waals surface area (Å²) in [5.41, 5.74) is 0. The molecule has 0 aromatic heterocycles. The molecule has 3 N–H and O–H groups in total. The summed E-state index contributed by atoms with van der Waals surface area (Å²) >= 11 is 0. The van der Waals surface area contributed by atoms with E-state index in [9.17, 15) is 19.8 Å². The predicted molar refractivity (Wildman–Crippen MR) is 255 cm³/mol. The molecule has 344 valence electrons. The first-order valence-electron chi connectivity index (χ1n) is 25.4. The van der Waals surface area contributed by atoms with Crippen molar-refractivity contribution in [3.63, 3.8) is 0 Å². The van der Waals surface area contributed by atoms with Crippen molar-refractivity contribution < 1.29 is 24.5 Å². The number of carbonyl (C=O) groups is 2. The Labute approximate surface area is 366 Å². The number of carbonyl (C=O) groups excluding carboxylic acids is 2. The van der Waals surface area contributed by atoms with E-state index < -0.39 is 12.1 Å². The third-order valence-electron chi connectivity index (χ3n) is 11.3. The molecule has 0 radical (unpaired) electrons. The molecule has 0 fully saturated rings. The van der Waals surface area contributed by atoms with Crippen molar-refractivity contribution in [2.24, 2.45) is 0 Å². The molecule has 0 aliphatic rings. The first-order valence-corrected chi connectivity index (χ1v) is 25.4. The summed E-state index contributed by atoms with van der Waals surface area (Å²) < 4.78 is 5.45. The van der Waals surface area contributed by atoms with E-state index in [4.69, 9.17) is 4.74 Å². The molecule has 0 saturated carbocycles. The highest BCUT2D eigenvalue weighted by Gasteiger charge is 2.18. The topological polar surface area (TPSA) is 95.9 Å². The van der Waals surface area contributed by atoms with Gasteiger partial charge in [0.05, 0.1) is 25.4 Å². The van der Waals surface area contributed by atoms with Crippen molar-refractivity contribution in [1.29, 1.82) is 0 Å². The molecule has 0 aromatic carbocycles. The van der Waals surface area contributed by atoms with Gasteiger partial charge in [-0.1, -0.05) is 197 Å². The SMILES string of the molecule is CCCCC/C=C\C/C=C\CCCCCCCCCC(=O)OCCCCCCCC/C=C\CCCCCC(=O)NC(CO)C(O)/C=C/CCCCCCCCCCCC. The summed E-state index contributed by atoms with van der Waals surface area (Å²) in [7, 11) is 0. The highest BCUT2D eigenvalue weighted by molar-refractivity contribution is 5.76. The third-order valence-corrected chi connectivity index (χ3v) is 11.3. The van der Waals surface area contributed by atoms with Gasteiger partial charge < -0.3 is 20.3 Å². The zero-order chi connectivity index (χ0) is 43.0. The van der Waals surface area contributed by atoms with Crippen LogP contribution in [0.3, 0.4) is 0 Å². The maximum absolute atomic E-state index is 12.4. The molecular weight excluding hydrogens is 731 g/mol. The normalized spacial score (nSPS) is 13.1. The Morgan fingerprint density at radius 1 is 0.475 bits per heavy atom. The van der Waals surface area contributed by atoms with Gasteiger partial charge in [-0.05, 0) is 89.9 Å². The number of hydrogen-bond donors (Lipinski definition) is 3. The number of allylic oxidation sites excluding steroid dienone is 7. The minimum absolute atomic E-state index is 0.0229. The molecule has 0 aliphatic carbocycles. The Morgan fingerprint density at radius 3 is 1.36 bits per heavy atom. The van der Waals surface area contributed by atoms with E-state index in [0.717, 1.165) is 77.0 Å². The monoisotopic (exact) mass is 828 g/mol. The van der Waals surface area contributed by atoms with Gasteiger partial charge in [-0.25, -0.2) is 0 Å². The lowest BCUT2D eigenvalue weighted by atomic mass is 10.1. The number of ether oxygens (including phenoxy) is 1.